The van der Waals surface area contributed by atoms with Gasteiger partial charge in [-0.25, -0.2) is 9.97 Å². The molecule has 0 spiro atoms. The third-order valence-corrected chi connectivity index (χ3v) is 4.28. The molecule has 2 aliphatic carbocycles. The van der Waals surface area contributed by atoms with Crippen LogP contribution in [0.15, 0.2) is 6.07 Å². The van der Waals surface area contributed by atoms with E-state index in [0.717, 1.165) is 35.8 Å². The maximum absolute atomic E-state index is 4.85. The molecule has 0 radical (unpaired) electrons. The van der Waals surface area contributed by atoms with E-state index in [1.165, 1.54) is 38.8 Å². The van der Waals surface area contributed by atoms with Crippen LogP contribution in [0.25, 0.3) is 0 Å². The molecular formula is C17H28N4. The Morgan fingerprint density at radius 3 is 2.24 bits per heavy atom. The molecule has 4 nitrogen and oxygen atoms in total. The molecule has 116 valence electrons. The van der Waals surface area contributed by atoms with Gasteiger partial charge >= 0.3 is 0 Å². The van der Waals surface area contributed by atoms with E-state index in [1.807, 2.05) is 0 Å². The van der Waals surface area contributed by atoms with Gasteiger partial charge in [-0.2, -0.15) is 0 Å². The van der Waals surface area contributed by atoms with Gasteiger partial charge < -0.3 is 10.2 Å². The van der Waals surface area contributed by atoms with Gasteiger partial charge in [-0.05, 0) is 44.4 Å². The zero-order valence-electron chi connectivity index (χ0n) is 13.6. The monoisotopic (exact) mass is 288 g/mol. The molecule has 0 aliphatic heterocycles. The van der Waals surface area contributed by atoms with Crippen LogP contribution in [0.1, 0.15) is 58.2 Å². The van der Waals surface area contributed by atoms with Crippen LogP contribution in [0.5, 0.6) is 0 Å². The lowest BCUT2D eigenvalue weighted by Crippen LogP contribution is -2.29. The highest BCUT2D eigenvalue weighted by Crippen LogP contribution is 2.35. The minimum atomic E-state index is 0.367. The summed E-state index contributed by atoms with van der Waals surface area (Å²) in [5.74, 6) is 5.21. The highest BCUT2D eigenvalue weighted by atomic mass is 15.2. The van der Waals surface area contributed by atoms with Gasteiger partial charge in [-0.1, -0.05) is 13.8 Å². The van der Waals surface area contributed by atoms with Gasteiger partial charge in [-0.15, -0.1) is 0 Å². The number of hydrogen-bond acceptors (Lipinski definition) is 4. The van der Waals surface area contributed by atoms with Crippen molar-refractivity contribution < 1.29 is 0 Å². The van der Waals surface area contributed by atoms with Crippen LogP contribution in [0.4, 0.5) is 11.6 Å². The van der Waals surface area contributed by atoms with Crippen LogP contribution in [-0.2, 0) is 0 Å². The summed E-state index contributed by atoms with van der Waals surface area (Å²) in [6, 6.07) is 2.14. The fraction of sp³-hybridized carbons (Fsp3) is 0.765. The van der Waals surface area contributed by atoms with Gasteiger partial charge in [0.25, 0.3) is 0 Å². The Morgan fingerprint density at radius 1 is 1.14 bits per heavy atom. The quantitative estimate of drug-likeness (QED) is 0.792. The first kappa shape index (κ1) is 14.6. The molecule has 0 saturated heterocycles. The minimum absolute atomic E-state index is 0.367. The average Bonchev–Trinajstić information content (AvgIpc) is 3.33. The van der Waals surface area contributed by atoms with E-state index in [-0.39, 0.29) is 0 Å². The Morgan fingerprint density at radius 2 is 1.76 bits per heavy atom. The molecule has 21 heavy (non-hydrogen) atoms. The summed E-state index contributed by atoms with van der Waals surface area (Å²) in [5.41, 5.74) is 0. The fourth-order valence-corrected chi connectivity index (χ4v) is 2.63. The van der Waals surface area contributed by atoms with Crippen LogP contribution in [-0.4, -0.2) is 29.6 Å². The van der Waals surface area contributed by atoms with E-state index in [1.54, 1.807) is 0 Å². The molecule has 2 fully saturated rings. The Hall–Kier alpha value is -1.32. The van der Waals surface area contributed by atoms with Crippen molar-refractivity contribution in [2.45, 2.75) is 52.4 Å². The van der Waals surface area contributed by atoms with Crippen LogP contribution in [0.2, 0.25) is 0 Å². The van der Waals surface area contributed by atoms with Crippen molar-refractivity contribution >= 4 is 11.6 Å². The molecular weight excluding hydrogens is 260 g/mol. The number of aromatic nitrogens is 2. The second-order valence-electron chi connectivity index (χ2n) is 6.95. The predicted molar refractivity (Wildman–Crippen MR) is 87.9 cm³/mol. The Bertz CT molecular complexity index is 464. The Balaban J connectivity index is 1.84. The second kappa shape index (κ2) is 6.20. The highest BCUT2D eigenvalue weighted by molar-refractivity contribution is 5.50. The van der Waals surface area contributed by atoms with Crippen LogP contribution in [0, 0.1) is 11.8 Å². The van der Waals surface area contributed by atoms with Gasteiger partial charge in [0.15, 0.2) is 0 Å². The molecule has 2 aliphatic rings. The zero-order valence-corrected chi connectivity index (χ0v) is 13.6. The van der Waals surface area contributed by atoms with Gasteiger partial charge in [0.1, 0.15) is 17.5 Å². The number of nitrogens with zero attached hydrogens (tertiary/aromatic N) is 3. The summed E-state index contributed by atoms with van der Waals surface area (Å²) in [6.07, 6.45) is 5.57. The largest absolute Gasteiger partial charge is 0.370 e. The summed E-state index contributed by atoms with van der Waals surface area (Å²) in [7, 11) is 0. The van der Waals surface area contributed by atoms with Crippen LogP contribution in [0.3, 0.4) is 0 Å². The standard InChI is InChI=1S/C17H28N4/c1-4-18-15-9-16(20-17(19-15)12(2)3)21(10-13-5-6-13)11-14-7-8-14/h9,12-14H,4-8,10-11H2,1-3H3,(H,18,19,20). The lowest BCUT2D eigenvalue weighted by molar-refractivity contribution is 0.663. The molecule has 0 amide bonds. The van der Waals surface area contributed by atoms with E-state index >= 15 is 0 Å². The SMILES string of the molecule is CCNc1cc(N(CC2CC2)CC2CC2)nc(C(C)C)n1. The van der Waals surface area contributed by atoms with Crippen molar-refractivity contribution in [3.8, 4) is 0 Å². The summed E-state index contributed by atoms with van der Waals surface area (Å²) < 4.78 is 0. The van der Waals surface area contributed by atoms with Crippen molar-refractivity contribution in [2.75, 3.05) is 29.9 Å². The van der Waals surface area contributed by atoms with Crippen molar-refractivity contribution in [1.29, 1.82) is 0 Å². The van der Waals surface area contributed by atoms with Crippen LogP contribution >= 0.6 is 0 Å². The maximum Gasteiger partial charge on any atom is 0.135 e. The smallest absolute Gasteiger partial charge is 0.135 e. The van der Waals surface area contributed by atoms with Gasteiger partial charge in [0.05, 0.1) is 0 Å². The third-order valence-electron chi connectivity index (χ3n) is 4.28. The number of anilines is 2. The Labute approximate surface area is 128 Å². The predicted octanol–water partition coefficient (Wildman–Crippen LogP) is 3.66. The average molecular weight is 288 g/mol. The Kier molecular flexibility index (Phi) is 4.32. The molecule has 1 heterocycles. The molecule has 0 unspecified atom stereocenters. The van der Waals surface area contributed by atoms with E-state index in [9.17, 15) is 0 Å². The number of hydrogen-bond donors (Lipinski definition) is 1. The van der Waals surface area contributed by atoms with Crippen LogP contribution < -0.4 is 10.2 Å². The summed E-state index contributed by atoms with van der Waals surface area (Å²) in [6.45, 7) is 9.71. The lowest BCUT2D eigenvalue weighted by atomic mass is 10.2. The van der Waals surface area contributed by atoms with Gasteiger partial charge in [0.2, 0.25) is 0 Å². The van der Waals surface area contributed by atoms with Crippen molar-refractivity contribution in [2.24, 2.45) is 11.8 Å². The van der Waals surface area contributed by atoms with Crippen molar-refractivity contribution in [3.63, 3.8) is 0 Å². The van der Waals surface area contributed by atoms with E-state index in [0.29, 0.717) is 5.92 Å². The molecule has 1 N–H and O–H groups in total. The second-order valence-corrected chi connectivity index (χ2v) is 6.95. The lowest BCUT2D eigenvalue weighted by Gasteiger charge is -2.25. The zero-order chi connectivity index (χ0) is 14.8. The van der Waals surface area contributed by atoms with E-state index in [2.05, 4.69) is 42.0 Å². The molecule has 3 rings (SSSR count). The summed E-state index contributed by atoms with van der Waals surface area (Å²) in [4.78, 5) is 12.0. The molecule has 2 saturated carbocycles. The first-order valence-corrected chi connectivity index (χ1v) is 8.53. The number of nitrogens with one attached hydrogen (secondary N) is 1. The first-order chi connectivity index (χ1) is 10.2. The van der Waals surface area contributed by atoms with Gasteiger partial charge in [0, 0.05) is 31.6 Å². The van der Waals surface area contributed by atoms with Crippen molar-refractivity contribution in [1.82, 2.24) is 9.97 Å². The first-order valence-electron chi connectivity index (χ1n) is 8.53. The molecule has 0 bridgehead atoms. The highest BCUT2D eigenvalue weighted by Gasteiger charge is 2.30. The molecule has 0 aromatic carbocycles. The number of rotatable bonds is 8. The molecule has 0 atom stereocenters. The van der Waals surface area contributed by atoms with Crippen molar-refractivity contribution in [3.05, 3.63) is 11.9 Å². The normalized spacial score (nSPS) is 18.1. The van der Waals surface area contributed by atoms with E-state index in [4.69, 9.17) is 4.98 Å². The molecule has 4 heteroatoms. The minimum Gasteiger partial charge on any atom is -0.370 e. The van der Waals surface area contributed by atoms with Gasteiger partial charge in [-0.3, -0.25) is 0 Å². The molecule has 1 aromatic rings. The topological polar surface area (TPSA) is 41.0 Å². The third kappa shape index (κ3) is 4.08. The molecule has 1 aromatic heterocycles. The summed E-state index contributed by atoms with van der Waals surface area (Å²) >= 11 is 0. The van der Waals surface area contributed by atoms with E-state index < -0.39 is 0 Å². The fourth-order valence-electron chi connectivity index (χ4n) is 2.63. The maximum atomic E-state index is 4.85. The summed E-state index contributed by atoms with van der Waals surface area (Å²) in [5, 5.41) is 3.36.